The Morgan fingerprint density at radius 2 is 1.80 bits per heavy atom. The van der Waals surface area contributed by atoms with Gasteiger partial charge in [-0.05, 0) is 46.7 Å². The number of aliphatic hydroxyl groups is 1. The predicted molar refractivity (Wildman–Crippen MR) is 109 cm³/mol. The van der Waals surface area contributed by atoms with Crippen LogP contribution in [0.1, 0.15) is 43.8 Å². The number of aromatic nitrogens is 1. The lowest BCUT2D eigenvalue weighted by molar-refractivity contribution is -0.268. The molecule has 170 valence electrons. The smallest absolute Gasteiger partial charge is 0.374 e. The van der Waals surface area contributed by atoms with Crippen LogP contribution in [-0.2, 0) is 10.4 Å². The van der Waals surface area contributed by atoms with Crippen molar-refractivity contribution < 1.29 is 23.1 Å². The van der Waals surface area contributed by atoms with Gasteiger partial charge in [-0.25, -0.2) is 4.98 Å². The van der Waals surface area contributed by atoms with Crippen molar-refractivity contribution in [1.82, 2.24) is 19.7 Å². The number of carbonyl (C=O) groups is 1. The van der Waals surface area contributed by atoms with Crippen molar-refractivity contribution in [3.63, 3.8) is 0 Å². The van der Waals surface area contributed by atoms with E-state index >= 15 is 0 Å². The number of alkyl halides is 3. The van der Waals surface area contributed by atoms with Crippen molar-refractivity contribution in [2.75, 3.05) is 39.3 Å². The standard InChI is InChI=1S/C20H31F3N4O2S/c1-14(2)25-6-4-16(5-7-25)26-8-10-27(11-9-26)17(28)12-19(29,20(21,22)23)18-24-15(3)13-30-18/h13-14,16,29H,4-12H2,1-3H3. The molecule has 6 nitrogen and oxygen atoms in total. The topological polar surface area (TPSA) is 59.9 Å². The molecule has 3 heterocycles. The maximum Gasteiger partial charge on any atom is 0.424 e. The molecule has 0 aromatic carbocycles. The van der Waals surface area contributed by atoms with Gasteiger partial charge in [-0.1, -0.05) is 0 Å². The Bertz CT molecular complexity index is 726. The number of piperazine rings is 1. The van der Waals surface area contributed by atoms with Crippen molar-refractivity contribution in [2.24, 2.45) is 0 Å². The third-order valence-corrected chi connectivity index (χ3v) is 7.37. The number of amides is 1. The second kappa shape index (κ2) is 9.10. The molecule has 0 spiro atoms. The summed E-state index contributed by atoms with van der Waals surface area (Å²) in [4.78, 5) is 22.7. The van der Waals surface area contributed by atoms with Gasteiger partial charge >= 0.3 is 6.18 Å². The third kappa shape index (κ3) is 4.98. The summed E-state index contributed by atoms with van der Waals surface area (Å²) in [5, 5.41) is 11.4. The number of rotatable bonds is 5. The Hall–Kier alpha value is -1.23. The summed E-state index contributed by atoms with van der Waals surface area (Å²) < 4.78 is 41.0. The molecule has 1 N–H and O–H groups in total. The van der Waals surface area contributed by atoms with Gasteiger partial charge in [-0.15, -0.1) is 11.3 Å². The normalized spacial score (nSPS) is 22.5. The zero-order chi connectivity index (χ0) is 22.1. The maximum absolute atomic E-state index is 13.7. The Labute approximate surface area is 179 Å². The van der Waals surface area contributed by atoms with E-state index in [1.807, 2.05) is 0 Å². The van der Waals surface area contributed by atoms with E-state index in [1.165, 1.54) is 10.3 Å². The summed E-state index contributed by atoms with van der Waals surface area (Å²) in [5.41, 5.74) is -2.86. The van der Waals surface area contributed by atoms with E-state index in [4.69, 9.17) is 0 Å². The van der Waals surface area contributed by atoms with E-state index in [1.54, 1.807) is 6.92 Å². The lowest BCUT2D eigenvalue weighted by atomic mass is 9.98. The molecule has 30 heavy (non-hydrogen) atoms. The van der Waals surface area contributed by atoms with E-state index in [0.29, 0.717) is 44.0 Å². The average molecular weight is 449 g/mol. The fraction of sp³-hybridized carbons (Fsp3) is 0.800. The van der Waals surface area contributed by atoms with E-state index in [0.717, 1.165) is 37.3 Å². The Morgan fingerprint density at radius 1 is 1.20 bits per heavy atom. The Balaban J connectivity index is 1.57. The van der Waals surface area contributed by atoms with Crippen molar-refractivity contribution in [3.05, 3.63) is 16.1 Å². The van der Waals surface area contributed by atoms with Gasteiger partial charge in [0.2, 0.25) is 11.5 Å². The van der Waals surface area contributed by atoms with Crippen LogP contribution in [0.2, 0.25) is 0 Å². The first-order valence-corrected chi connectivity index (χ1v) is 11.4. The molecule has 2 aliphatic rings. The minimum Gasteiger partial charge on any atom is -0.374 e. The monoisotopic (exact) mass is 448 g/mol. The molecule has 1 aromatic rings. The summed E-state index contributed by atoms with van der Waals surface area (Å²) in [6.07, 6.45) is -3.86. The number of carbonyl (C=O) groups excluding carboxylic acids is 1. The molecular formula is C20H31F3N4O2S. The first kappa shape index (κ1) is 23.4. The maximum atomic E-state index is 13.7. The molecule has 2 fully saturated rings. The number of halogens is 3. The molecule has 1 aromatic heterocycles. The first-order valence-electron chi connectivity index (χ1n) is 10.5. The number of aryl methyl sites for hydroxylation is 1. The average Bonchev–Trinajstić information content (AvgIpc) is 3.14. The summed E-state index contributed by atoms with van der Waals surface area (Å²) in [6.45, 7) is 10.1. The minimum absolute atomic E-state index is 0.383. The number of likely N-dealkylation sites (tertiary alicyclic amines) is 1. The van der Waals surface area contributed by atoms with Crippen LogP contribution in [0.25, 0.3) is 0 Å². The van der Waals surface area contributed by atoms with Crippen LogP contribution in [0, 0.1) is 6.92 Å². The van der Waals surface area contributed by atoms with Gasteiger partial charge in [0, 0.05) is 49.3 Å². The van der Waals surface area contributed by atoms with Crippen molar-refractivity contribution in [2.45, 2.75) is 63.9 Å². The molecule has 10 heteroatoms. The van der Waals surface area contributed by atoms with E-state index in [-0.39, 0.29) is 0 Å². The van der Waals surface area contributed by atoms with Gasteiger partial charge in [-0.3, -0.25) is 9.69 Å². The predicted octanol–water partition coefficient (Wildman–Crippen LogP) is 2.61. The van der Waals surface area contributed by atoms with E-state index in [9.17, 15) is 23.1 Å². The number of hydrogen-bond acceptors (Lipinski definition) is 6. The van der Waals surface area contributed by atoms with Gasteiger partial charge < -0.3 is 14.9 Å². The number of piperidine rings is 1. The van der Waals surface area contributed by atoms with Crippen LogP contribution in [0.15, 0.2) is 5.38 Å². The molecular weight excluding hydrogens is 417 g/mol. The van der Waals surface area contributed by atoms with E-state index in [2.05, 4.69) is 28.6 Å². The van der Waals surface area contributed by atoms with Crippen molar-refractivity contribution >= 4 is 17.2 Å². The van der Waals surface area contributed by atoms with Crippen molar-refractivity contribution in [1.29, 1.82) is 0 Å². The molecule has 1 atom stereocenters. The van der Waals surface area contributed by atoms with Crippen molar-refractivity contribution in [3.8, 4) is 0 Å². The van der Waals surface area contributed by atoms with Crippen LogP contribution < -0.4 is 0 Å². The molecule has 3 rings (SSSR count). The zero-order valence-corrected chi connectivity index (χ0v) is 18.6. The minimum atomic E-state index is -4.97. The summed E-state index contributed by atoms with van der Waals surface area (Å²) in [7, 11) is 0. The molecule has 0 bridgehead atoms. The molecule has 2 aliphatic heterocycles. The van der Waals surface area contributed by atoms with Gasteiger partial charge in [0.25, 0.3) is 0 Å². The quantitative estimate of drug-likeness (QED) is 0.751. The summed E-state index contributed by atoms with van der Waals surface area (Å²) in [6, 6.07) is 0.997. The Kier molecular flexibility index (Phi) is 7.11. The van der Waals surface area contributed by atoms with Crippen LogP contribution >= 0.6 is 11.3 Å². The molecule has 0 aliphatic carbocycles. The zero-order valence-electron chi connectivity index (χ0n) is 17.8. The van der Waals surface area contributed by atoms with Crippen LogP contribution in [-0.4, -0.2) is 88.2 Å². The highest BCUT2D eigenvalue weighted by atomic mass is 32.1. The fourth-order valence-corrected chi connectivity index (χ4v) is 5.19. The molecule has 1 amide bonds. The largest absolute Gasteiger partial charge is 0.424 e. The number of thiazole rings is 1. The second-order valence-electron chi connectivity index (χ2n) is 8.61. The molecule has 2 saturated heterocycles. The third-order valence-electron chi connectivity index (χ3n) is 6.26. The van der Waals surface area contributed by atoms with Gasteiger partial charge in [0.15, 0.2) is 0 Å². The highest BCUT2D eigenvalue weighted by molar-refractivity contribution is 7.09. The second-order valence-corrected chi connectivity index (χ2v) is 9.46. The highest BCUT2D eigenvalue weighted by Gasteiger charge is 2.58. The molecule has 0 saturated carbocycles. The first-order chi connectivity index (χ1) is 14.0. The van der Waals surface area contributed by atoms with E-state index < -0.39 is 29.1 Å². The van der Waals surface area contributed by atoms with Gasteiger partial charge in [-0.2, -0.15) is 13.2 Å². The number of nitrogens with zero attached hydrogens (tertiary/aromatic N) is 4. The number of hydrogen-bond donors (Lipinski definition) is 1. The van der Waals surface area contributed by atoms with Gasteiger partial charge in [0.05, 0.1) is 6.42 Å². The fourth-order valence-electron chi connectivity index (χ4n) is 4.28. The Morgan fingerprint density at radius 3 is 2.27 bits per heavy atom. The van der Waals surface area contributed by atoms with Crippen LogP contribution in [0.4, 0.5) is 13.2 Å². The SMILES string of the molecule is Cc1csc(C(O)(CC(=O)N2CCN(C3CCN(C(C)C)CC3)CC2)C(F)(F)F)n1. The molecule has 1 unspecified atom stereocenters. The molecule has 0 radical (unpaired) electrons. The highest BCUT2D eigenvalue weighted by Crippen LogP contribution is 2.43. The lowest BCUT2D eigenvalue weighted by Crippen LogP contribution is -2.56. The lowest BCUT2D eigenvalue weighted by Gasteiger charge is -2.44. The van der Waals surface area contributed by atoms with Crippen LogP contribution in [0.5, 0.6) is 0 Å². The van der Waals surface area contributed by atoms with Crippen LogP contribution in [0.3, 0.4) is 0 Å². The van der Waals surface area contributed by atoms with Gasteiger partial charge in [0.1, 0.15) is 5.01 Å². The summed E-state index contributed by atoms with van der Waals surface area (Å²) in [5.74, 6) is -0.683. The summed E-state index contributed by atoms with van der Waals surface area (Å²) >= 11 is 0.729.